The van der Waals surface area contributed by atoms with E-state index in [0.717, 1.165) is 0 Å². The predicted octanol–water partition coefficient (Wildman–Crippen LogP) is 0.192. The Morgan fingerprint density at radius 2 is 2.11 bits per heavy atom. The molecule has 0 fully saturated rings. The van der Waals surface area contributed by atoms with Crippen LogP contribution in [0.3, 0.4) is 0 Å². The fourth-order valence-corrected chi connectivity index (χ4v) is 2.30. The van der Waals surface area contributed by atoms with E-state index in [1.165, 1.54) is 12.3 Å². The zero-order valence-electron chi connectivity index (χ0n) is 11.5. The molecule has 0 aliphatic heterocycles. The van der Waals surface area contributed by atoms with E-state index in [1.807, 2.05) is 25.8 Å². The normalized spacial score (nSPS) is 12.3. The van der Waals surface area contributed by atoms with Gasteiger partial charge in [0.15, 0.2) is 5.03 Å². The van der Waals surface area contributed by atoms with Gasteiger partial charge in [0.05, 0.1) is 6.61 Å². The van der Waals surface area contributed by atoms with Crippen LogP contribution < -0.4 is 4.72 Å². The molecule has 0 saturated carbocycles. The van der Waals surface area contributed by atoms with Gasteiger partial charge < -0.3 is 10.0 Å². The lowest BCUT2D eigenvalue weighted by molar-refractivity contribution is 0.278. The van der Waals surface area contributed by atoms with Gasteiger partial charge in [-0.25, -0.2) is 18.1 Å². The summed E-state index contributed by atoms with van der Waals surface area (Å²) in [5.41, 5.74) is 0.582. The summed E-state index contributed by atoms with van der Waals surface area (Å²) in [6.45, 7) is 4.90. The van der Waals surface area contributed by atoms with Crippen LogP contribution >= 0.6 is 0 Å². The van der Waals surface area contributed by atoms with Crippen molar-refractivity contribution in [3.8, 4) is 0 Å². The summed E-state index contributed by atoms with van der Waals surface area (Å²) >= 11 is 0. The monoisotopic (exact) mass is 287 g/mol. The third-order valence-electron chi connectivity index (χ3n) is 2.89. The summed E-state index contributed by atoms with van der Waals surface area (Å²) in [6.07, 6.45) is 1.36. The van der Waals surface area contributed by atoms with Crippen LogP contribution in [-0.2, 0) is 16.6 Å². The van der Waals surface area contributed by atoms with E-state index in [1.54, 1.807) is 6.07 Å². The Morgan fingerprint density at radius 3 is 2.58 bits per heavy atom. The molecule has 0 atom stereocenters. The van der Waals surface area contributed by atoms with Crippen LogP contribution in [0.4, 0.5) is 0 Å². The highest BCUT2D eigenvalue weighted by Crippen LogP contribution is 2.06. The van der Waals surface area contributed by atoms with Gasteiger partial charge in [-0.2, -0.15) is 0 Å². The van der Waals surface area contributed by atoms with Crippen molar-refractivity contribution < 1.29 is 13.5 Å². The van der Waals surface area contributed by atoms with Gasteiger partial charge in [-0.15, -0.1) is 0 Å². The first-order valence-electron chi connectivity index (χ1n) is 6.12. The molecule has 0 aliphatic carbocycles. The van der Waals surface area contributed by atoms with Crippen molar-refractivity contribution in [2.24, 2.45) is 0 Å². The molecule has 6 nitrogen and oxygen atoms in total. The highest BCUT2D eigenvalue weighted by molar-refractivity contribution is 7.89. The first-order valence-corrected chi connectivity index (χ1v) is 7.61. The second-order valence-corrected chi connectivity index (χ2v) is 6.35. The zero-order valence-corrected chi connectivity index (χ0v) is 12.3. The number of aliphatic hydroxyl groups excluding tert-OH is 1. The number of sulfonamides is 1. The number of hydrogen-bond acceptors (Lipinski definition) is 5. The average molecular weight is 287 g/mol. The number of aromatic nitrogens is 1. The molecular weight excluding hydrogens is 266 g/mol. The van der Waals surface area contributed by atoms with Crippen molar-refractivity contribution in [2.75, 3.05) is 20.1 Å². The van der Waals surface area contributed by atoms with E-state index in [-0.39, 0.29) is 11.6 Å². The Hall–Kier alpha value is -1.02. The Labute approximate surface area is 114 Å². The van der Waals surface area contributed by atoms with Gasteiger partial charge in [0.1, 0.15) is 0 Å². The summed E-state index contributed by atoms with van der Waals surface area (Å²) in [6, 6.07) is 3.30. The minimum Gasteiger partial charge on any atom is -0.392 e. The molecule has 0 aromatic carbocycles. The smallest absolute Gasteiger partial charge is 0.258 e. The fraction of sp³-hybridized carbons (Fsp3) is 0.583. The average Bonchev–Trinajstić information content (AvgIpc) is 2.38. The molecule has 2 N–H and O–H groups in total. The topological polar surface area (TPSA) is 82.5 Å². The van der Waals surface area contributed by atoms with Crippen LogP contribution in [0.15, 0.2) is 23.4 Å². The molecule has 7 heteroatoms. The molecule has 0 saturated heterocycles. The fourth-order valence-electron chi connectivity index (χ4n) is 1.35. The van der Waals surface area contributed by atoms with Gasteiger partial charge in [0.2, 0.25) is 0 Å². The lowest BCUT2D eigenvalue weighted by Gasteiger charge is -2.20. The van der Waals surface area contributed by atoms with Crippen LogP contribution in [0, 0.1) is 0 Å². The van der Waals surface area contributed by atoms with Gasteiger partial charge in [-0.3, -0.25) is 0 Å². The molecule has 108 valence electrons. The SMILES string of the molecule is CC(C)N(C)CCNS(=O)(=O)c1ccc(CO)cn1. The molecule has 0 unspecified atom stereocenters. The largest absolute Gasteiger partial charge is 0.392 e. The summed E-state index contributed by atoms with van der Waals surface area (Å²) < 4.78 is 26.4. The first-order chi connectivity index (χ1) is 8.86. The number of pyridine rings is 1. The number of hydrogen-bond donors (Lipinski definition) is 2. The van der Waals surface area contributed by atoms with Crippen molar-refractivity contribution in [1.29, 1.82) is 0 Å². The molecule has 0 radical (unpaired) electrons. The number of rotatable bonds is 7. The predicted molar refractivity (Wildman–Crippen MR) is 73.1 cm³/mol. The van der Waals surface area contributed by atoms with Gasteiger partial charge in [-0.05, 0) is 32.5 Å². The Balaban J connectivity index is 2.60. The quantitative estimate of drug-likeness (QED) is 0.748. The van der Waals surface area contributed by atoms with Gasteiger partial charge in [-0.1, -0.05) is 6.07 Å². The van der Waals surface area contributed by atoms with E-state index >= 15 is 0 Å². The summed E-state index contributed by atoms with van der Waals surface area (Å²) in [5.74, 6) is 0. The minimum atomic E-state index is -3.58. The lowest BCUT2D eigenvalue weighted by atomic mass is 10.3. The standard InChI is InChI=1S/C12H21N3O3S/c1-10(2)15(3)7-6-14-19(17,18)12-5-4-11(9-16)8-13-12/h4-5,8,10,14,16H,6-7,9H2,1-3H3. The lowest BCUT2D eigenvalue weighted by Crippen LogP contribution is -2.36. The maximum absolute atomic E-state index is 11.9. The molecule has 0 aliphatic rings. The number of nitrogens with one attached hydrogen (secondary N) is 1. The number of likely N-dealkylation sites (N-methyl/N-ethyl adjacent to an activating group) is 1. The van der Waals surface area contributed by atoms with Crippen LogP contribution in [0.25, 0.3) is 0 Å². The second-order valence-electron chi connectivity index (χ2n) is 4.63. The maximum Gasteiger partial charge on any atom is 0.258 e. The first kappa shape index (κ1) is 16.0. The molecule has 1 aromatic heterocycles. The van der Waals surface area contributed by atoms with Crippen molar-refractivity contribution in [1.82, 2.24) is 14.6 Å². The van der Waals surface area contributed by atoms with E-state index in [2.05, 4.69) is 9.71 Å². The van der Waals surface area contributed by atoms with Gasteiger partial charge in [0.25, 0.3) is 10.0 Å². The summed E-state index contributed by atoms with van der Waals surface area (Å²) in [7, 11) is -1.64. The van der Waals surface area contributed by atoms with E-state index < -0.39 is 10.0 Å². The van der Waals surface area contributed by atoms with Crippen molar-refractivity contribution in [3.63, 3.8) is 0 Å². The molecule has 0 bridgehead atoms. The Morgan fingerprint density at radius 1 is 1.42 bits per heavy atom. The molecule has 1 aromatic rings. The van der Waals surface area contributed by atoms with Crippen molar-refractivity contribution >= 4 is 10.0 Å². The summed E-state index contributed by atoms with van der Waals surface area (Å²) in [5, 5.41) is 8.84. The van der Waals surface area contributed by atoms with Crippen LogP contribution in [0.5, 0.6) is 0 Å². The van der Waals surface area contributed by atoms with Crippen LogP contribution in [-0.4, -0.2) is 49.6 Å². The third-order valence-corrected chi connectivity index (χ3v) is 4.27. The molecule has 1 heterocycles. The Kier molecular flexibility index (Phi) is 5.86. The zero-order chi connectivity index (χ0) is 14.5. The maximum atomic E-state index is 11.9. The van der Waals surface area contributed by atoms with Crippen molar-refractivity contribution in [2.45, 2.75) is 31.5 Å². The van der Waals surface area contributed by atoms with Gasteiger partial charge in [0, 0.05) is 25.3 Å². The van der Waals surface area contributed by atoms with E-state index in [9.17, 15) is 8.42 Å². The second kappa shape index (κ2) is 6.95. The van der Waals surface area contributed by atoms with E-state index in [0.29, 0.717) is 24.7 Å². The van der Waals surface area contributed by atoms with E-state index in [4.69, 9.17) is 5.11 Å². The molecule has 0 spiro atoms. The number of nitrogens with zero attached hydrogens (tertiary/aromatic N) is 2. The summed E-state index contributed by atoms with van der Waals surface area (Å²) in [4.78, 5) is 5.88. The van der Waals surface area contributed by atoms with Crippen LogP contribution in [0.1, 0.15) is 19.4 Å². The molecule has 19 heavy (non-hydrogen) atoms. The minimum absolute atomic E-state index is 0.0306. The highest BCUT2D eigenvalue weighted by atomic mass is 32.2. The van der Waals surface area contributed by atoms with Crippen LogP contribution in [0.2, 0.25) is 0 Å². The Bertz CT molecular complexity index is 485. The van der Waals surface area contributed by atoms with Crippen molar-refractivity contribution in [3.05, 3.63) is 23.9 Å². The molecule has 0 amide bonds. The third kappa shape index (κ3) is 4.87. The molecule has 1 rings (SSSR count). The molecular formula is C12H21N3O3S. The van der Waals surface area contributed by atoms with Gasteiger partial charge >= 0.3 is 0 Å². The highest BCUT2D eigenvalue weighted by Gasteiger charge is 2.15. The number of aliphatic hydroxyl groups is 1.